The number of anilines is 2. The Hall–Kier alpha value is -4.28. The van der Waals surface area contributed by atoms with Gasteiger partial charge in [-0.2, -0.15) is 0 Å². The fourth-order valence-electron chi connectivity index (χ4n) is 4.50. The van der Waals surface area contributed by atoms with Gasteiger partial charge in [-0.3, -0.25) is 9.79 Å². The largest absolute Gasteiger partial charge is 0.480 e. The number of carbonyl (C=O) groups excluding carboxylic acids is 2. The van der Waals surface area contributed by atoms with Gasteiger partial charge in [-0.25, -0.2) is 9.59 Å². The minimum Gasteiger partial charge on any atom is -0.480 e. The van der Waals surface area contributed by atoms with Crippen LogP contribution >= 0.6 is 0 Å². The van der Waals surface area contributed by atoms with E-state index in [0.29, 0.717) is 26.2 Å². The molecule has 2 aromatic rings. The Morgan fingerprint density at radius 1 is 1.03 bits per heavy atom. The molecule has 39 heavy (non-hydrogen) atoms. The van der Waals surface area contributed by atoms with Crippen LogP contribution in [0, 0.1) is 0 Å². The molecule has 0 aliphatic carbocycles. The van der Waals surface area contributed by atoms with E-state index in [2.05, 4.69) is 31.9 Å². The Labute approximate surface area is 228 Å². The second-order valence-electron chi connectivity index (χ2n) is 9.54. The predicted octanol–water partition coefficient (Wildman–Crippen LogP) is 2.65. The van der Waals surface area contributed by atoms with Crippen molar-refractivity contribution in [3.63, 3.8) is 0 Å². The van der Waals surface area contributed by atoms with E-state index in [1.807, 2.05) is 36.4 Å². The van der Waals surface area contributed by atoms with Gasteiger partial charge in [-0.05, 0) is 43.0 Å². The van der Waals surface area contributed by atoms with Crippen molar-refractivity contribution in [2.75, 3.05) is 49.5 Å². The number of hydrogen-bond donors (Lipinski definition) is 4. The van der Waals surface area contributed by atoms with Crippen LogP contribution < -0.4 is 20.9 Å². The van der Waals surface area contributed by atoms with E-state index in [0.717, 1.165) is 48.8 Å². The smallest absolute Gasteiger partial charge is 0.408 e. The lowest BCUT2D eigenvalue weighted by Gasteiger charge is -2.36. The number of ether oxygens (including phenoxy) is 1. The summed E-state index contributed by atoms with van der Waals surface area (Å²) in [6.45, 7) is 4.16. The van der Waals surface area contributed by atoms with Gasteiger partial charge in [-0.15, -0.1) is 0 Å². The van der Waals surface area contributed by atoms with Gasteiger partial charge in [0.1, 0.15) is 12.6 Å². The van der Waals surface area contributed by atoms with Crippen LogP contribution in [0.3, 0.4) is 0 Å². The standard InChI is InChI=1S/C28H36N6O5/c35-25(12-11-24(26(36)37)32-28(38)39-20-21-7-2-1-3-8-21)34-17-15-33(16-18-34)23-10-6-9-22(19-23)31-27-29-13-4-5-14-30-27/h1-3,6-10,19,24H,4-5,11-18,20H2,(H,32,38)(H,36,37)(H2,29,30,31)/t24-/m0/s1. The summed E-state index contributed by atoms with van der Waals surface area (Å²) < 4.78 is 5.11. The minimum absolute atomic E-state index is 0.0134. The summed E-state index contributed by atoms with van der Waals surface area (Å²) in [6, 6.07) is 16.0. The van der Waals surface area contributed by atoms with Gasteiger partial charge in [0.2, 0.25) is 5.91 Å². The Bertz CT molecular complexity index is 1150. The number of hydrogen-bond acceptors (Lipinski definition) is 8. The number of nitrogens with one attached hydrogen (secondary N) is 3. The molecule has 0 unspecified atom stereocenters. The Morgan fingerprint density at radius 3 is 2.59 bits per heavy atom. The average molecular weight is 537 g/mol. The number of guanidine groups is 1. The summed E-state index contributed by atoms with van der Waals surface area (Å²) in [5.74, 6) is -0.547. The lowest BCUT2D eigenvalue weighted by Crippen LogP contribution is -2.49. The van der Waals surface area contributed by atoms with Crippen LogP contribution in [0.1, 0.15) is 31.2 Å². The van der Waals surface area contributed by atoms with Gasteiger partial charge in [0.25, 0.3) is 0 Å². The maximum atomic E-state index is 12.8. The van der Waals surface area contributed by atoms with E-state index < -0.39 is 18.1 Å². The number of carbonyl (C=O) groups is 3. The minimum atomic E-state index is -1.21. The summed E-state index contributed by atoms with van der Waals surface area (Å²) in [5.41, 5.74) is 2.81. The molecule has 2 aliphatic heterocycles. The third kappa shape index (κ3) is 8.62. The molecule has 4 N–H and O–H groups in total. The first-order chi connectivity index (χ1) is 19.0. The summed E-state index contributed by atoms with van der Waals surface area (Å²) >= 11 is 0. The third-order valence-electron chi connectivity index (χ3n) is 6.70. The van der Waals surface area contributed by atoms with E-state index in [-0.39, 0.29) is 25.4 Å². The molecule has 0 spiro atoms. The zero-order chi connectivity index (χ0) is 27.5. The van der Waals surface area contributed by atoms with E-state index in [1.165, 1.54) is 0 Å². The summed E-state index contributed by atoms with van der Waals surface area (Å²) in [6.07, 6.45) is 1.36. The van der Waals surface area contributed by atoms with Crippen molar-refractivity contribution < 1.29 is 24.2 Å². The van der Waals surface area contributed by atoms with Crippen LogP contribution in [0.5, 0.6) is 0 Å². The average Bonchev–Trinajstić information content (AvgIpc) is 3.23. The van der Waals surface area contributed by atoms with Crippen molar-refractivity contribution in [1.82, 2.24) is 15.5 Å². The lowest BCUT2D eigenvalue weighted by molar-refractivity contribution is -0.140. The van der Waals surface area contributed by atoms with Gasteiger partial charge >= 0.3 is 12.1 Å². The van der Waals surface area contributed by atoms with Gasteiger partial charge in [0.05, 0.1) is 0 Å². The first-order valence-corrected chi connectivity index (χ1v) is 13.4. The van der Waals surface area contributed by atoms with E-state index in [9.17, 15) is 19.5 Å². The highest BCUT2D eigenvalue weighted by Gasteiger charge is 2.25. The normalized spacial score (nSPS) is 16.3. The predicted molar refractivity (Wildman–Crippen MR) is 149 cm³/mol. The van der Waals surface area contributed by atoms with E-state index in [1.54, 1.807) is 17.0 Å². The first kappa shape index (κ1) is 27.7. The van der Waals surface area contributed by atoms with Crippen LogP contribution in [0.2, 0.25) is 0 Å². The molecule has 1 saturated heterocycles. The Balaban J connectivity index is 1.21. The zero-order valence-electron chi connectivity index (χ0n) is 22.0. The molecular formula is C28H36N6O5. The van der Waals surface area contributed by atoms with E-state index in [4.69, 9.17) is 4.74 Å². The second-order valence-corrected chi connectivity index (χ2v) is 9.54. The Kier molecular flexibility index (Phi) is 9.98. The third-order valence-corrected chi connectivity index (χ3v) is 6.70. The molecule has 1 fully saturated rings. The van der Waals surface area contributed by atoms with Crippen molar-refractivity contribution in [2.24, 2.45) is 4.99 Å². The lowest BCUT2D eigenvalue weighted by atomic mass is 10.1. The van der Waals surface area contributed by atoms with Gasteiger partial charge in [-0.1, -0.05) is 36.4 Å². The number of rotatable bonds is 9. The first-order valence-electron chi connectivity index (χ1n) is 13.4. The van der Waals surface area contributed by atoms with Crippen molar-refractivity contribution in [1.29, 1.82) is 0 Å². The number of amides is 2. The van der Waals surface area contributed by atoms with Crippen LogP contribution in [0.4, 0.5) is 16.2 Å². The number of piperazine rings is 1. The second kappa shape index (κ2) is 14.0. The van der Waals surface area contributed by atoms with Crippen LogP contribution in [0.25, 0.3) is 0 Å². The van der Waals surface area contributed by atoms with Gasteiger partial charge < -0.3 is 35.6 Å². The summed E-state index contributed by atoms with van der Waals surface area (Å²) in [7, 11) is 0. The number of alkyl carbamates (subject to hydrolysis) is 1. The molecule has 0 saturated carbocycles. The highest BCUT2D eigenvalue weighted by atomic mass is 16.5. The van der Waals surface area contributed by atoms with Crippen LogP contribution in [0.15, 0.2) is 59.6 Å². The van der Waals surface area contributed by atoms with Gasteiger partial charge in [0, 0.05) is 57.1 Å². The SMILES string of the molecule is O=C(N[C@@H](CCC(=O)N1CCN(c2cccc(NC3=NCCCCN3)c2)CC1)C(=O)O)OCc1ccccc1. The molecule has 0 aromatic heterocycles. The maximum absolute atomic E-state index is 12.8. The van der Waals surface area contributed by atoms with Gasteiger partial charge in [0.15, 0.2) is 5.96 Å². The monoisotopic (exact) mass is 536 g/mol. The van der Waals surface area contributed by atoms with Crippen molar-refractivity contribution in [2.45, 2.75) is 38.3 Å². The molecule has 11 nitrogen and oxygen atoms in total. The number of carboxylic acids is 1. The molecular weight excluding hydrogens is 500 g/mol. The van der Waals surface area contributed by atoms with Crippen molar-refractivity contribution in [3.05, 3.63) is 60.2 Å². The summed E-state index contributed by atoms with van der Waals surface area (Å²) in [4.78, 5) is 45.1. The van der Waals surface area contributed by atoms with Crippen molar-refractivity contribution in [3.8, 4) is 0 Å². The Morgan fingerprint density at radius 2 is 1.82 bits per heavy atom. The molecule has 0 radical (unpaired) electrons. The molecule has 11 heteroatoms. The molecule has 0 bridgehead atoms. The fraction of sp³-hybridized carbons (Fsp3) is 0.429. The number of nitrogens with zero attached hydrogens (tertiary/aromatic N) is 3. The molecule has 2 heterocycles. The molecule has 2 aromatic carbocycles. The summed E-state index contributed by atoms with van der Waals surface area (Å²) in [5, 5.41) is 18.5. The molecule has 4 rings (SSSR count). The zero-order valence-corrected chi connectivity index (χ0v) is 22.0. The highest BCUT2D eigenvalue weighted by molar-refractivity contribution is 5.94. The van der Waals surface area contributed by atoms with Crippen LogP contribution in [-0.2, 0) is 20.9 Å². The molecule has 208 valence electrons. The number of carboxylic acid groups (broad SMARTS) is 1. The topological polar surface area (TPSA) is 136 Å². The molecule has 2 aliphatic rings. The fourth-order valence-corrected chi connectivity index (χ4v) is 4.50. The van der Waals surface area contributed by atoms with E-state index >= 15 is 0 Å². The molecule has 2 amide bonds. The van der Waals surface area contributed by atoms with Crippen LogP contribution in [-0.4, -0.2) is 79.2 Å². The highest BCUT2D eigenvalue weighted by Crippen LogP contribution is 2.21. The van der Waals surface area contributed by atoms with Crippen molar-refractivity contribution >= 4 is 35.3 Å². The molecule has 1 atom stereocenters. The number of aliphatic imine (C=N–C) groups is 1. The number of aliphatic carboxylic acids is 1. The quantitative estimate of drug-likeness (QED) is 0.384. The number of benzene rings is 2. The maximum Gasteiger partial charge on any atom is 0.408 e.